The zero-order chi connectivity index (χ0) is 14.0. The quantitative estimate of drug-likeness (QED) is 0.916. The Labute approximate surface area is 110 Å². The molecule has 0 aromatic heterocycles. The standard InChI is InChI=1S/C14H17F2NO2/c1-17-6-4-9(5-7-17)13(14(18)19)11-8-10(15)2-3-12(11)16/h2-3,8-9,13H,4-7H2,1H3,(H,18,19). The number of hydrogen-bond donors (Lipinski definition) is 1. The molecule has 0 spiro atoms. The number of aliphatic carboxylic acids is 1. The van der Waals surface area contributed by atoms with Gasteiger partial charge in [0, 0.05) is 5.56 Å². The number of carbonyl (C=O) groups is 1. The highest BCUT2D eigenvalue weighted by Gasteiger charge is 2.33. The van der Waals surface area contributed by atoms with Gasteiger partial charge < -0.3 is 10.0 Å². The van der Waals surface area contributed by atoms with Crippen molar-refractivity contribution in [2.45, 2.75) is 18.8 Å². The molecule has 0 saturated carbocycles. The molecule has 3 nitrogen and oxygen atoms in total. The normalized spacial score (nSPS) is 19.3. The molecule has 0 aliphatic carbocycles. The lowest BCUT2D eigenvalue weighted by Crippen LogP contribution is -2.35. The van der Waals surface area contributed by atoms with Crippen LogP contribution in [0.5, 0.6) is 0 Å². The van der Waals surface area contributed by atoms with Gasteiger partial charge >= 0.3 is 5.97 Å². The van der Waals surface area contributed by atoms with E-state index in [1.165, 1.54) is 0 Å². The van der Waals surface area contributed by atoms with Crippen LogP contribution in [0.1, 0.15) is 24.3 Å². The molecule has 1 N–H and O–H groups in total. The van der Waals surface area contributed by atoms with Crippen molar-refractivity contribution in [3.63, 3.8) is 0 Å². The zero-order valence-corrected chi connectivity index (χ0v) is 10.8. The van der Waals surface area contributed by atoms with Crippen LogP contribution in [0.4, 0.5) is 8.78 Å². The molecular formula is C14H17F2NO2. The third kappa shape index (κ3) is 3.10. The Bertz CT molecular complexity index is 471. The van der Waals surface area contributed by atoms with Gasteiger partial charge in [-0.2, -0.15) is 0 Å². The molecular weight excluding hydrogens is 252 g/mol. The predicted molar refractivity (Wildman–Crippen MR) is 67.0 cm³/mol. The van der Waals surface area contributed by atoms with Gasteiger partial charge in [0.05, 0.1) is 5.92 Å². The second-order valence-corrected chi connectivity index (χ2v) is 5.12. The Morgan fingerprint density at radius 1 is 1.37 bits per heavy atom. The van der Waals surface area contributed by atoms with Crippen molar-refractivity contribution in [2.24, 2.45) is 5.92 Å². The SMILES string of the molecule is CN1CCC(C(C(=O)O)c2cc(F)ccc2F)CC1. The van der Waals surface area contributed by atoms with E-state index < -0.39 is 23.5 Å². The van der Waals surface area contributed by atoms with E-state index in [0.29, 0.717) is 12.8 Å². The van der Waals surface area contributed by atoms with Crippen molar-refractivity contribution in [3.05, 3.63) is 35.4 Å². The van der Waals surface area contributed by atoms with Gasteiger partial charge in [0.2, 0.25) is 0 Å². The molecule has 1 aliphatic rings. The highest BCUT2D eigenvalue weighted by atomic mass is 19.1. The molecule has 1 atom stereocenters. The van der Waals surface area contributed by atoms with Crippen molar-refractivity contribution >= 4 is 5.97 Å². The van der Waals surface area contributed by atoms with Gasteiger partial charge in [-0.3, -0.25) is 4.79 Å². The van der Waals surface area contributed by atoms with Crippen LogP contribution in [-0.2, 0) is 4.79 Å². The summed E-state index contributed by atoms with van der Waals surface area (Å²) in [5, 5.41) is 9.36. The summed E-state index contributed by atoms with van der Waals surface area (Å²) in [5.41, 5.74) is -0.0398. The molecule has 1 fully saturated rings. The monoisotopic (exact) mass is 269 g/mol. The smallest absolute Gasteiger partial charge is 0.311 e. The first-order valence-corrected chi connectivity index (χ1v) is 6.35. The molecule has 1 heterocycles. The van der Waals surface area contributed by atoms with Crippen LogP contribution in [0, 0.1) is 17.6 Å². The Morgan fingerprint density at radius 3 is 2.58 bits per heavy atom. The van der Waals surface area contributed by atoms with Crippen LogP contribution in [-0.4, -0.2) is 36.1 Å². The minimum absolute atomic E-state index is 0.0398. The molecule has 5 heteroatoms. The summed E-state index contributed by atoms with van der Waals surface area (Å²) < 4.78 is 27.0. The summed E-state index contributed by atoms with van der Waals surface area (Å²) in [6, 6.07) is 3.01. The van der Waals surface area contributed by atoms with Crippen LogP contribution in [0.3, 0.4) is 0 Å². The van der Waals surface area contributed by atoms with Crippen LogP contribution in [0.2, 0.25) is 0 Å². The maximum absolute atomic E-state index is 13.8. The van der Waals surface area contributed by atoms with Gasteiger partial charge in [-0.05, 0) is 57.1 Å². The van der Waals surface area contributed by atoms with E-state index in [1.54, 1.807) is 0 Å². The summed E-state index contributed by atoms with van der Waals surface area (Å²) >= 11 is 0. The van der Waals surface area contributed by atoms with Crippen molar-refractivity contribution in [2.75, 3.05) is 20.1 Å². The fourth-order valence-corrected chi connectivity index (χ4v) is 2.70. The van der Waals surface area contributed by atoms with Gasteiger partial charge in [0.1, 0.15) is 11.6 Å². The number of piperidine rings is 1. The number of benzene rings is 1. The highest BCUT2D eigenvalue weighted by molar-refractivity contribution is 5.76. The Hall–Kier alpha value is -1.49. The van der Waals surface area contributed by atoms with E-state index in [4.69, 9.17) is 0 Å². The molecule has 1 aromatic rings. The van der Waals surface area contributed by atoms with Gasteiger partial charge in [-0.1, -0.05) is 0 Å². The second kappa shape index (κ2) is 5.65. The molecule has 1 aliphatic heterocycles. The Morgan fingerprint density at radius 2 is 2.00 bits per heavy atom. The lowest BCUT2D eigenvalue weighted by Gasteiger charge is -2.32. The number of rotatable bonds is 3. The van der Waals surface area contributed by atoms with E-state index in [9.17, 15) is 18.7 Å². The summed E-state index contributed by atoms with van der Waals surface area (Å²) in [4.78, 5) is 13.5. The van der Waals surface area contributed by atoms with Crippen molar-refractivity contribution < 1.29 is 18.7 Å². The summed E-state index contributed by atoms with van der Waals surface area (Å²) in [6.07, 6.45) is 1.37. The van der Waals surface area contributed by atoms with Gasteiger partial charge in [0.25, 0.3) is 0 Å². The lowest BCUT2D eigenvalue weighted by atomic mass is 9.80. The first-order valence-electron chi connectivity index (χ1n) is 6.35. The number of carboxylic acid groups (broad SMARTS) is 1. The highest BCUT2D eigenvalue weighted by Crippen LogP contribution is 2.34. The molecule has 19 heavy (non-hydrogen) atoms. The van der Waals surface area contributed by atoms with E-state index >= 15 is 0 Å². The van der Waals surface area contributed by atoms with Crippen LogP contribution < -0.4 is 0 Å². The fraction of sp³-hybridized carbons (Fsp3) is 0.500. The number of hydrogen-bond acceptors (Lipinski definition) is 2. The Balaban J connectivity index is 2.30. The average molecular weight is 269 g/mol. The number of likely N-dealkylation sites (tertiary alicyclic amines) is 1. The predicted octanol–water partition coefficient (Wildman–Crippen LogP) is 2.47. The maximum atomic E-state index is 13.8. The number of carboxylic acids is 1. The molecule has 104 valence electrons. The van der Waals surface area contributed by atoms with E-state index in [2.05, 4.69) is 4.90 Å². The van der Waals surface area contributed by atoms with Crippen LogP contribution in [0.15, 0.2) is 18.2 Å². The van der Waals surface area contributed by atoms with Crippen molar-refractivity contribution in [3.8, 4) is 0 Å². The molecule has 1 saturated heterocycles. The van der Waals surface area contributed by atoms with Crippen molar-refractivity contribution in [1.82, 2.24) is 4.90 Å². The van der Waals surface area contributed by atoms with E-state index in [-0.39, 0.29) is 11.5 Å². The first-order chi connectivity index (χ1) is 8.99. The average Bonchev–Trinajstić information content (AvgIpc) is 2.36. The third-order valence-corrected chi connectivity index (χ3v) is 3.79. The largest absolute Gasteiger partial charge is 0.481 e. The van der Waals surface area contributed by atoms with Crippen LogP contribution >= 0.6 is 0 Å². The Kier molecular flexibility index (Phi) is 4.14. The van der Waals surface area contributed by atoms with Gasteiger partial charge in [-0.15, -0.1) is 0 Å². The molecule has 2 rings (SSSR count). The fourth-order valence-electron chi connectivity index (χ4n) is 2.70. The minimum Gasteiger partial charge on any atom is -0.481 e. The lowest BCUT2D eigenvalue weighted by molar-refractivity contribution is -0.140. The number of halogens is 2. The van der Waals surface area contributed by atoms with Crippen molar-refractivity contribution in [1.29, 1.82) is 0 Å². The summed E-state index contributed by atoms with van der Waals surface area (Å²) in [7, 11) is 1.97. The molecule has 0 bridgehead atoms. The first kappa shape index (κ1) is 13.9. The zero-order valence-electron chi connectivity index (χ0n) is 10.8. The maximum Gasteiger partial charge on any atom is 0.311 e. The van der Waals surface area contributed by atoms with E-state index in [0.717, 1.165) is 31.3 Å². The summed E-state index contributed by atoms with van der Waals surface area (Å²) in [5.74, 6) is -3.45. The molecule has 1 aromatic carbocycles. The third-order valence-electron chi connectivity index (χ3n) is 3.79. The van der Waals surface area contributed by atoms with Gasteiger partial charge in [-0.25, -0.2) is 8.78 Å². The molecule has 1 unspecified atom stereocenters. The van der Waals surface area contributed by atoms with Gasteiger partial charge in [0.15, 0.2) is 0 Å². The molecule has 0 amide bonds. The second-order valence-electron chi connectivity index (χ2n) is 5.12. The minimum atomic E-state index is -1.08. The topological polar surface area (TPSA) is 40.5 Å². The molecule has 0 radical (unpaired) electrons. The number of nitrogens with zero attached hydrogens (tertiary/aromatic N) is 1. The van der Waals surface area contributed by atoms with E-state index in [1.807, 2.05) is 7.05 Å². The van der Waals surface area contributed by atoms with Crippen LogP contribution in [0.25, 0.3) is 0 Å². The summed E-state index contributed by atoms with van der Waals surface area (Å²) in [6.45, 7) is 1.57.